The highest BCUT2D eigenvalue weighted by Gasteiger charge is 2.43. The zero-order valence-electron chi connectivity index (χ0n) is 13.2. The van der Waals surface area contributed by atoms with E-state index in [-0.39, 0.29) is 13.2 Å². The SMILES string of the molecule is COC(=O)CO[C@H]1C[SH](c2ccccc2)[C@H](CO)[C@H](O)[C@@H]1N=[N+]=[N-]. The summed E-state index contributed by atoms with van der Waals surface area (Å²) >= 11 is 0. The third kappa shape index (κ3) is 4.19. The first-order valence-electron chi connectivity index (χ1n) is 7.45. The summed E-state index contributed by atoms with van der Waals surface area (Å²) in [5, 5.41) is 23.5. The Labute approximate surface area is 142 Å². The second kappa shape index (κ2) is 8.91. The van der Waals surface area contributed by atoms with Crippen molar-refractivity contribution in [2.75, 3.05) is 26.1 Å². The Bertz CT molecular complexity index is 596. The van der Waals surface area contributed by atoms with Crippen molar-refractivity contribution in [2.24, 2.45) is 5.11 Å². The zero-order valence-corrected chi connectivity index (χ0v) is 14.1. The smallest absolute Gasteiger partial charge is 0.331 e. The van der Waals surface area contributed by atoms with Crippen LogP contribution in [0.3, 0.4) is 0 Å². The maximum atomic E-state index is 11.3. The van der Waals surface area contributed by atoms with Crippen LogP contribution >= 0.6 is 10.9 Å². The Morgan fingerprint density at radius 3 is 2.75 bits per heavy atom. The maximum absolute atomic E-state index is 11.3. The monoisotopic (exact) mass is 355 g/mol. The Kier molecular flexibility index (Phi) is 6.89. The topological polar surface area (TPSA) is 125 Å². The number of esters is 1. The predicted octanol–water partition coefficient (Wildman–Crippen LogP) is 1.02. The van der Waals surface area contributed by atoms with E-state index < -0.39 is 40.4 Å². The molecule has 1 aromatic carbocycles. The third-order valence-corrected chi connectivity index (χ3v) is 6.99. The van der Waals surface area contributed by atoms with Gasteiger partial charge in [-0.05, 0) is 10.4 Å². The number of azide groups is 1. The second-order valence-corrected chi connectivity index (χ2v) is 7.83. The third-order valence-electron chi connectivity index (χ3n) is 4.00. The van der Waals surface area contributed by atoms with Crippen LogP contribution in [0, 0.1) is 0 Å². The molecule has 0 aromatic heterocycles. The lowest BCUT2D eigenvalue weighted by Gasteiger charge is -2.45. The maximum Gasteiger partial charge on any atom is 0.331 e. The van der Waals surface area contributed by atoms with E-state index >= 15 is 0 Å². The molecule has 1 fully saturated rings. The van der Waals surface area contributed by atoms with Crippen LogP contribution in [0.5, 0.6) is 0 Å². The molecule has 0 radical (unpaired) electrons. The molecule has 1 saturated heterocycles. The Hall–Kier alpha value is -1.77. The summed E-state index contributed by atoms with van der Waals surface area (Å²) in [7, 11) is 0.313. The number of thiol groups is 1. The van der Waals surface area contributed by atoms with Gasteiger partial charge in [0.25, 0.3) is 0 Å². The average Bonchev–Trinajstić information content (AvgIpc) is 2.62. The lowest BCUT2D eigenvalue weighted by molar-refractivity contribution is -0.148. The number of benzene rings is 1. The molecule has 1 unspecified atom stereocenters. The quantitative estimate of drug-likeness (QED) is 0.231. The van der Waals surface area contributed by atoms with Gasteiger partial charge in [-0.15, -0.1) is 0 Å². The fourth-order valence-electron chi connectivity index (χ4n) is 2.78. The van der Waals surface area contributed by atoms with Gasteiger partial charge >= 0.3 is 5.97 Å². The van der Waals surface area contributed by atoms with Gasteiger partial charge in [0.05, 0.1) is 32.0 Å². The molecule has 0 aliphatic carbocycles. The van der Waals surface area contributed by atoms with Crippen molar-refractivity contribution >= 4 is 16.9 Å². The summed E-state index contributed by atoms with van der Waals surface area (Å²) in [6, 6.07) is 8.68. The van der Waals surface area contributed by atoms with Crippen molar-refractivity contribution in [3.63, 3.8) is 0 Å². The van der Waals surface area contributed by atoms with Gasteiger partial charge in [-0.1, -0.05) is 35.4 Å². The summed E-state index contributed by atoms with van der Waals surface area (Å²) in [4.78, 5) is 15.1. The lowest BCUT2D eigenvalue weighted by Crippen LogP contribution is -2.52. The van der Waals surface area contributed by atoms with E-state index in [2.05, 4.69) is 14.8 Å². The average molecular weight is 355 g/mol. The van der Waals surface area contributed by atoms with Crippen molar-refractivity contribution in [3.05, 3.63) is 40.8 Å². The largest absolute Gasteiger partial charge is 0.467 e. The molecule has 0 amide bonds. The minimum atomic E-state index is -1.05. The molecule has 0 bridgehead atoms. The highest BCUT2D eigenvalue weighted by molar-refractivity contribution is 8.17. The number of carbonyl (C=O) groups excluding carboxylic acids is 1. The number of aliphatic hydroxyl groups is 2. The first kappa shape index (κ1) is 18.6. The van der Waals surface area contributed by atoms with Crippen molar-refractivity contribution in [3.8, 4) is 0 Å². The molecular weight excluding hydrogens is 334 g/mol. The van der Waals surface area contributed by atoms with Gasteiger partial charge in [-0.2, -0.15) is 0 Å². The summed E-state index contributed by atoms with van der Waals surface area (Å²) in [6.07, 6.45) is -1.67. The van der Waals surface area contributed by atoms with Crippen LogP contribution < -0.4 is 0 Å². The molecule has 5 atom stereocenters. The van der Waals surface area contributed by atoms with Gasteiger partial charge in [0.2, 0.25) is 0 Å². The zero-order chi connectivity index (χ0) is 17.5. The minimum Gasteiger partial charge on any atom is -0.467 e. The standard InChI is InChI=1S/C15H21N3O5S/c1-22-13(20)8-23-11-9-24(10-5-3-2-4-6-10)12(7-19)15(21)14(11)17-18-16/h2-6,11-12,14-15,19,21,24H,7-9H2,1H3/t11-,12+,14+,15-/m0/s1. The van der Waals surface area contributed by atoms with E-state index in [1.54, 1.807) is 0 Å². The molecule has 0 saturated carbocycles. The number of hydrogen-bond acceptors (Lipinski definition) is 6. The minimum absolute atomic E-state index is 0.219. The molecule has 2 rings (SSSR count). The molecule has 2 N–H and O–H groups in total. The molecule has 8 nitrogen and oxygen atoms in total. The second-order valence-electron chi connectivity index (χ2n) is 5.35. The molecule has 1 heterocycles. The first-order chi connectivity index (χ1) is 11.6. The molecule has 1 aliphatic heterocycles. The molecular formula is C15H21N3O5S. The number of hydrogen-bond donors (Lipinski definition) is 3. The summed E-state index contributed by atoms with van der Waals surface area (Å²) in [5.41, 5.74) is 8.76. The van der Waals surface area contributed by atoms with E-state index in [0.29, 0.717) is 5.75 Å². The number of ether oxygens (including phenoxy) is 2. The van der Waals surface area contributed by atoms with Gasteiger partial charge in [0.1, 0.15) is 6.61 Å². The highest BCUT2D eigenvalue weighted by atomic mass is 32.2. The summed E-state index contributed by atoms with van der Waals surface area (Å²) in [6.45, 7) is -0.504. The van der Waals surface area contributed by atoms with Crippen LogP contribution in [0.25, 0.3) is 10.4 Å². The number of carbonyl (C=O) groups is 1. The summed E-state index contributed by atoms with van der Waals surface area (Å²) in [5.74, 6) is -0.0695. The van der Waals surface area contributed by atoms with Crippen LogP contribution in [-0.4, -0.2) is 65.8 Å². The van der Waals surface area contributed by atoms with E-state index in [9.17, 15) is 15.0 Å². The van der Waals surface area contributed by atoms with Gasteiger partial charge in [-0.25, -0.2) is 15.7 Å². The van der Waals surface area contributed by atoms with Crippen LogP contribution in [0.1, 0.15) is 0 Å². The van der Waals surface area contributed by atoms with Crippen LogP contribution in [0.15, 0.2) is 40.3 Å². The molecule has 132 valence electrons. The number of nitrogens with zero attached hydrogens (tertiary/aromatic N) is 3. The Balaban J connectivity index is 2.26. The fourth-order valence-corrected chi connectivity index (χ4v) is 5.65. The van der Waals surface area contributed by atoms with Gasteiger partial charge in [0.15, 0.2) is 0 Å². The highest BCUT2D eigenvalue weighted by Crippen LogP contribution is 2.48. The molecule has 1 aromatic rings. The summed E-state index contributed by atoms with van der Waals surface area (Å²) < 4.78 is 10.1. The Morgan fingerprint density at radius 1 is 1.46 bits per heavy atom. The van der Waals surface area contributed by atoms with Crippen molar-refractivity contribution in [1.82, 2.24) is 0 Å². The lowest BCUT2D eigenvalue weighted by atomic mass is 10.0. The van der Waals surface area contributed by atoms with E-state index in [1.807, 2.05) is 30.3 Å². The van der Waals surface area contributed by atoms with Gasteiger partial charge in [-0.3, -0.25) is 0 Å². The molecule has 24 heavy (non-hydrogen) atoms. The van der Waals surface area contributed by atoms with Gasteiger partial charge < -0.3 is 19.7 Å². The number of methoxy groups -OCH3 is 1. The van der Waals surface area contributed by atoms with E-state index in [0.717, 1.165) is 4.90 Å². The van der Waals surface area contributed by atoms with Gasteiger partial charge in [0, 0.05) is 15.9 Å². The number of rotatable bonds is 6. The van der Waals surface area contributed by atoms with E-state index in [1.165, 1.54) is 7.11 Å². The number of aliphatic hydroxyl groups excluding tert-OH is 2. The van der Waals surface area contributed by atoms with Crippen LogP contribution in [-0.2, 0) is 14.3 Å². The fraction of sp³-hybridized carbons (Fsp3) is 0.533. The first-order valence-corrected chi connectivity index (χ1v) is 9.05. The van der Waals surface area contributed by atoms with Crippen molar-refractivity contribution in [2.45, 2.75) is 28.4 Å². The van der Waals surface area contributed by atoms with Crippen LogP contribution in [0.2, 0.25) is 0 Å². The predicted molar refractivity (Wildman–Crippen MR) is 90.1 cm³/mol. The van der Waals surface area contributed by atoms with E-state index in [4.69, 9.17) is 10.3 Å². The Morgan fingerprint density at radius 2 is 2.17 bits per heavy atom. The normalized spacial score (nSPS) is 31.0. The van der Waals surface area contributed by atoms with Crippen LogP contribution in [0.4, 0.5) is 0 Å². The van der Waals surface area contributed by atoms with Crippen molar-refractivity contribution in [1.29, 1.82) is 0 Å². The molecule has 0 spiro atoms. The molecule has 1 aliphatic rings. The molecule has 9 heteroatoms. The van der Waals surface area contributed by atoms with Crippen molar-refractivity contribution < 1.29 is 24.5 Å².